The van der Waals surface area contributed by atoms with E-state index in [0.29, 0.717) is 24.9 Å². The Morgan fingerprint density at radius 1 is 1.06 bits per heavy atom. The SMILES string of the molecule is C=CCc1ccc(OCCC)c(-c2cc(CC=C)cc(CN3CCC(N)CC3)c2O)c1. The molecule has 2 aromatic rings. The number of benzene rings is 2. The van der Waals surface area contributed by atoms with Crippen LogP contribution in [0.2, 0.25) is 0 Å². The Morgan fingerprint density at radius 3 is 2.42 bits per heavy atom. The number of allylic oxidation sites excluding steroid dienone is 2. The standard InChI is InChI=1S/C27H36N2O2/c1-4-7-20-9-10-26(31-15-6-3)24(17-20)25-18-21(8-5-2)16-22(27(25)30)19-29-13-11-23(28)12-14-29/h4-5,9-10,16-18,23,30H,1-2,6-8,11-15,19,28H2,3H3. The van der Waals surface area contributed by atoms with E-state index in [1.807, 2.05) is 18.2 Å². The number of piperidine rings is 1. The summed E-state index contributed by atoms with van der Waals surface area (Å²) in [5, 5.41) is 11.3. The van der Waals surface area contributed by atoms with Crippen molar-refractivity contribution in [1.29, 1.82) is 0 Å². The quantitative estimate of drug-likeness (QED) is 0.517. The van der Waals surface area contributed by atoms with E-state index in [4.69, 9.17) is 10.5 Å². The van der Waals surface area contributed by atoms with Crippen molar-refractivity contribution >= 4 is 0 Å². The van der Waals surface area contributed by atoms with Crippen LogP contribution in [0.15, 0.2) is 55.6 Å². The van der Waals surface area contributed by atoms with E-state index in [9.17, 15) is 5.11 Å². The molecular formula is C27H36N2O2. The summed E-state index contributed by atoms with van der Waals surface area (Å²) in [6.45, 7) is 13.1. The first-order valence-electron chi connectivity index (χ1n) is 11.4. The van der Waals surface area contributed by atoms with Crippen molar-refractivity contribution in [2.24, 2.45) is 5.73 Å². The molecule has 0 radical (unpaired) electrons. The maximum atomic E-state index is 11.3. The fourth-order valence-corrected chi connectivity index (χ4v) is 4.14. The van der Waals surface area contributed by atoms with E-state index in [2.05, 4.69) is 49.2 Å². The predicted octanol–water partition coefficient (Wildman–Crippen LogP) is 5.23. The van der Waals surface area contributed by atoms with Gasteiger partial charge in [0.2, 0.25) is 0 Å². The lowest BCUT2D eigenvalue weighted by atomic mass is 9.94. The largest absolute Gasteiger partial charge is 0.507 e. The Morgan fingerprint density at radius 2 is 1.74 bits per heavy atom. The third-order valence-corrected chi connectivity index (χ3v) is 5.83. The minimum atomic E-state index is 0.290. The van der Waals surface area contributed by atoms with Crippen LogP contribution in [0.3, 0.4) is 0 Å². The molecule has 4 heteroatoms. The van der Waals surface area contributed by atoms with E-state index >= 15 is 0 Å². The number of hydrogen-bond acceptors (Lipinski definition) is 4. The average molecular weight is 421 g/mol. The molecule has 4 nitrogen and oxygen atoms in total. The van der Waals surface area contributed by atoms with Crippen LogP contribution in [0.4, 0.5) is 0 Å². The number of nitrogens with zero attached hydrogens (tertiary/aromatic N) is 1. The number of rotatable bonds is 10. The van der Waals surface area contributed by atoms with Crippen LogP contribution in [-0.4, -0.2) is 35.7 Å². The fraction of sp³-hybridized carbons (Fsp3) is 0.407. The lowest BCUT2D eigenvalue weighted by Crippen LogP contribution is -2.39. The zero-order chi connectivity index (χ0) is 22.2. The van der Waals surface area contributed by atoms with Crippen molar-refractivity contribution in [1.82, 2.24) is 4.90 Å². The minimum Gasteiger partial charge on any atom is -0.507 e. The molecule has 1 heterocycles. The van der Waals surface area contributed by atoms with Crippen LogP contribution in [-0.2, 0) is 19.4 Å². The number of phenolic OH excluding ortho intramolecular Hbond substituents is 1. The van der Waals surface area contributed by atoms with Gasteiger partial charge < -0.3 is 15.6 Å². The summed E-state index contributed by atoms with van der Waals surface area (Å²) in [4.78, 5) is 2.38. The molecule has 0 atom stereocenters. The molecule has 2 aromatic carbocycles. The van der Waals surface area contributed by atoms with E-state index in [0.717, 1.165) is 78.8 Å². The monoisotopic (exact) mass is 420 g/mol. The molecule has 0 aromatic heterocycles. The number of hydrogen-bond donors (Lipinski definition) is 2. The van der Waals surface area contributed by atoms with Crippen LogP contribution in [0.5, 0.6) is 11.5 Å². The van der Waals surface area contributed by atoms with Gasteiger partial charge in [-0.15, -0.1) is 13.2 Å². The van der Waals surface area contributed by atoms with Crippen molar-refractivity contribution in [2.45, 2.75) is 51.6 Å². The topological polar surface area (TPSA) is 58.7 Å². The van der Waals surface area contributed by atoms with Gasteiger partial charge in [-0.2, -0.15) is 0 Å². The Hall–Kier alpha value is -2.56. The first-order chi connectivity index (χ1) is 15.0. The molecule has 1 fully saturated rings. The van der Waals surface area contributed by atoms with Crippen LogP contribution in [0.25, 0.3) is 11.1 Å². The molecule has 1 aliphatic rings. The second kappa shape index (κ2) is 11.2. The van der Waals surface area contributed by atoms with Crippen LogP contribution < -0.4 is 10.5 Å². The molecule has 1 saturated heterocycles. The van der Waals surface area contributed by atoms with Gasteiger partial charge in [0, 0.05) is 29.3 Å². The summed E-state index contributed by atoms with van der Waals surface area (Å²) < 4.78 is 6.05. The third kappa shape index (κ3) is 5.99. The Kier molecular flexibility index (Phi) is 8.33. The highest BCUT2D eigenvalue weighted by atomic mass is 16.5. The second-order valence-electron chi connectivity index (χ2n) is 8.43. The number of nitrogens with two attached hydrogens (primary N) is 1. The number of likely N-dealkylation sites (tertiary alicyclic amines) is 1. The van der Waals surface area contributed by atoms with E-state index in [1.165, 1.54) is 0 Å². The Balaban J connectivity index is 2.04. The zero-order valence-electron chi connectivity index (χ0n) is 18.8. The van der Waals surface area contributed by atoms with Crippen molar-refractivity contribution < 1.29 is 9.84 Å². The predicted molar refractivity (Wildman–Crippen MR) is 130 cm³/mol. The highest BCUT2D eigenvalue weighted by Crippen LogP contribution is 2.40. The molecule has 3 N–H and O–H groups in total. The van der Waals surface area contributed by atoms with Gasteiger partial charge in [-0.1, -0.05) is 31.2 Å². The van der Waals surface area contributed by atoms with E-state index in [-0.39, 0.29) is 0 Å². The number of phenols is 1. The maximum absolute atomic E-state index is 11.3. The summed E-state index contributed by atoms with van der Waals surface area (Å²) in [5.74, 6) is 1.13. The molecule has 0 saturated carbocycles. The minimum absolute atomic E-state index is 0.290. The van der Waals surface area contributed by atoms with Gasteiger partial charge >= 0.3 is 0 Å². The zero-order valence-corrected chi connectivity index (χ0v) is 18.8. The lowest BCUT2D eigenvalue weighted by Gasteiger charge is -2.30. The Bertz CT molecular complexity index is 898. The normalized spacial score (nSPS) is 15.0. The molecule has 0 bridgehead atoms. The summed E-state index contributed by atoms with van der Waals surface area (Å²) in [6.07, 6.45) is 8.25. The molecular weight excluding hydrogens is 384 g/mol. The van der Waals surface area contributed by atoms with Crippen LogP contribution in [0, 0.1) is 0 Å². The molecule has 1 aliphatic heterocycles. The second-order valence-corrected chi connectivity index (χ2v) is 8.43. The molecule has 0 amide bonds. The van der Waals surface area contributed by atoms with Gasteiger partial charge in [0.25, 0.3) is 0 Å². The van der Waals surface area contributed by atoms with Crippen LogP contribution >= 0.6 is 0 Å². The summed E-state index contributed by atoms with van der Waals surface area (Å²) in [7, 11) is 0. The van der Waals surface area contributed by atoms with Crippen molar-refractivity contribution in [3.05, 3.63) is 72.3 Å². The van der Waals surface area contributed by atoms with Gasteiger partial charge in [0.05, 0.1) is 6.61 Å². The average Bonchev–Trinajstić information content (AvgIpc) is 2.77. The number of ether oxygens (including phenoxy) is 1. The molecule has 31 heavy (non-hydrogen) atoms. The molecule has 0 spiro atoms. The first kappa shape index (κ1) is 23.1. The number of aromatic hydroxyl groups is 1. The van der Waals surface area contributed by atoms with Gasteiger partial charge in [0.1, 0.15) is 11.5 Å². The van der Waals surface area contributed by atoms with Gasteiger partial charge in [-0.3, -0.25) is 4.90 Å². The molecule has 0 unspecified atom stereocenters. The van der Waals surface area contributed by atoms with Crippen molar-refractivity contribution in [3.63, 3.8) is 0 Å². The van der Waals surface area contributed by atoms with E-state index in [1.54, 1.807) is 0 Å². The van der Waals surface area contributed by atoms with Gasteiger partial charge in [-0.25, -0.2) is 0 Å². The maximum Gasteiger partial charge on any atom is 0.128 e. The van der Waals surface area contributed by atoms with Crippen molar-refractivity contribution in [3.8, 4) is 22.6 Å². The van der Waals surface area contributed by atoms with Crippen molar-refractivity contribution in [2.75, 3.05) is 19.7 Å². The smallest absolute Gasteiger partial charge is 0.128 e. The van der Waals surface area contributed by atoms with Gasteiger partial charge in [0.15, 0.2) is 0 Å². The summed E-state index contributed by atoms with van der Waals surface area (Å²) >= 11 is 0. The highest BCUT2D eigenvalue weighted by Gasteiger charge is 2.20. The Labute approximate surface area is 187 Å². The molecule has 3 rings (SSSR count). The summed E-state index contributed by atoms with van der Waals surface area (Å²) in [5.41, 5.74) is 11.1. The molecule has 166 valence electrons. The van der Waals surface area contributed by atoms with Crippen LogP contribution in [0.1, 0.15) is 42.9 Å². The highest BCUT2D eigenvalue weighted by molar-refractivity contribution is 5.78. The summed E-state index contributed by atoms with van der Waals surface area (Å²) in [6, 6.07) is 10.7. The fourth-order valence-electron chi connectivity index (χ4n) is 4.14. The van der Waals surface area contributed by atoms with Gasteiger partial charge in [-0.05, 0) is 74.5 Å². The first-order valence-corrected chi connectivity index (χ1v) is 11.4. The van der Waals surface area contributed by atoms with E-state index < -0.39 is 0 Å². The third-order valence-electron chi connectivity index (χ3n) is 5.83. The lowest BCUT2D eigenvalue weighted by molar-refractivity contribution is 0.203. The molecule has 0 aliphatic carbocycles.